The second-order valence-corrected chi connectivity index (χ2v) is 5.08. The Kier molecular flexibility index (Phi) is 3.31. The lowest BCUT2D eigenvalue weighted by molar-refractivity contribution is 0.0983. The number of hydrogen-bond donors (Lipinski definition) is 1. The fourth-order valence-corrected chi connectivity index (χ4v) is 2.69. The van der Waals surface area contributed by atoms with Gasteiger partial charge in [-0.25, -0.2) is 0 Å². The third kappa shape index (κ3) is 2.40. The van der Waals surface area contributed by atoms with Gasteiger partial charge in [0, 0.05) is 12.6 Å². The first-order valence-electron chi connectivity index (χ1n) is 6.69. The predicted molar refractivity (Wildman–Crippen MR) is 74.5 cm³/mol. The fraction of sp³-hybridized carbons (Fsp3) is 0.375. The number of nitrogens with two attached hydrogens (primary N) is 1. The molecule has 18 heavy (non-hydrogen) atoms. The maximum absolute atomic E-state index is 6.29. The first-order valence-corrected chi connectivity index (χ1v) is 6.69. The molecule has 2 nitrogen and oxygen atoms in total. The van der Waals surface area contributed by atoms with E-state index in [1.54, 1.807) is 0 Å². The highest BCUT2D eigenvalue weighted by atomic mass is 16.5. The topological polar surface area (TPSA) is 35.2 Å². The van der Waals surface area contributed by atoms with Gasteiger partial charge in [0.05, 0.1) is 6.10 Å². The maximum Gasteiger partial charge on any atom is 0.0594 e. The Labute approximate surface area is 108 Å². The monoisotopic (exact) mass is 241 g/mol. The number of ether oxygens (including phenoxy) is 1. The summed E-state index contributed by atoms with van der Waals surface area (Å²) in [5.74, 6) is 0. The minimum absolute atomic E-state index is 0.0812. The summed E-state index contributed by atoms with van der Waals surface area (Å²) in [6, 6.07) is 15.0. The van der Waals surface area contributed by atoms with Crippen LogP contribution >= 0.6 is 0 Å². The molecule has 1 aliphatic rings. The van der Waals surface area contributed by atoms with Crippen LogP contribution in [0.25, 0.3) is 10.8 Å². The molecule has 1 aliphatic heterocycles. The SMILES string of the molecule is NC(CC1CCCO1)c1ccc2ccccc2c1. The molecular weight excluding hydrogens is 222 g/mol. The van der Waals surface area contributed by atoms with E-state index in [2.05, 4.69) is 42.5 Å². The third-order valence-electron chi connectivity index (χ3n) is 3.74. The molecule has 1 saturated heterocycles. The highest BCUT2D eigenvalue weighted by Crippen LogP contribution is 2.25. The highest BCUT2D eigenvalue weighted by molar-refractivity contribution is 5.83. The average Bonchev–Trinajstić information content (AvgIpc) is 2.91. The molecule has 2 heteroatoms. The summed E-state index contributed by atoms with van der Waals surface area (Å²) < 4.78 is 5.65. The number of benzene rings is 2. The van der Waals surface area contributed by atoms with E-state index < -0.39 is 0 Å². The Hall–Kier alpha value is -1.38. The van der Waals surface area contributed by atoms with Crippen LogP contribution in [-0.4, -0.2) is 12.7 Å². The molecular formula is C16H19NO. The zero-order valence-electron chi connectivity index (χ0n) is 10.5. The van der Waals surface area contributed by atoms with Gasteiger partial charge in [0.15, 0.2) is 0 Å². The minimum Gasteiger partial charge on any atom is -0.378 e. The summed E-state index contributed by atoms with van der Waals surface area (Å²) in [6.45, 7) is 0.898. The highest BCUT2D eigenvalue weighted by Gasteiger charge is 2.19. The van der Waals surface area contributed by atoms with Crippen molar-refractivity contribution in [3.8, 4) is 0 Å². The van der Waals surface area contributed by atoms with E-state index in [4.69, 9.17) is 10.5 Å². The molecule has 0 radical (unpaired) electrons. The second-order valence-electron chi connectivity index (χ2n) is 5.08. The normalized spacial score (nSPS) is 21.3. The summed E-state index contributed by atoms with van der Waals surface area (Å²) >= 11 is 0. The van der Waals surface area contributed by atoms with Gasteiger partial charge in [-0.05, 0) is 41.7 Å². The van der Waals surface area contributed by atoms with Gasteiger partial charge in [0.2, 0.25) is 0 Å². The van der Waals surface area contributed by atoms with Gasteiger partial charge >= 0.3 is 0 Å². The van der Waals surface area contributed by atoms with Gasteiger partial charge in [0.25, 0.3) is 0 Å². The van der Waals surface area contributed by atoms with Crippen molar-refractivity contribution in [2.75, 3.05) is 6.61 Å². The van der Waals surface area contributed by atoms with E-state index in [1.807, 2.05) is 0 Å². The van der Waals surface area contributed by atoms with Gasteiger partial charge in [-0.2, -0.15) is 0 Å². The average molecular weight is 241 g/mol. The predicted octanol–water partition coefficient (Wildman–Crippen LogP) is 3.41. The minimum atomic E-state index is 0.0812. The smallest absolute Gasteiger partial charge is 0.0594 e. The number of fused-ring (bicyclic) bond motifs is 1. The lowest BCUT2D eigenvalue weighted by atomic mass is 9.97. The Morgan fingerprint density at radius 2 is 2.00 bits per heavy atom. The van der Waals surface area contributed by atoms with Crippen LogP contribution in [0.4, 0.5) is 0 Å². The molecule has 0 aromatic heterocycles. The van der Waals surface area contributed by atoms with Crippen molar-refractivity contribution in [1.29, 1.82) is 0 Å². The third-order valence-corrected chi connectivity index (χ3v) is 3.74. The van der Waals surface area contributed by atoms with Crippen LogP contribution < -0.4 is 5.73 Å². The van der Waals surface area contributed by atoms with Crippen molar-refractivity contribution >= 4 is 10.8 Å². The van der Waals surface area contributed by atoms with E-state index in [9.17, 15) is 0 Å². The van der Waals surface area contributed by atoms with Crippen LogP contribution in [0.1, 0.15) is 30.9 Å². The summed E-state index contributed by atoms with van der Waals surface area (Å²) in [7, 11) is 0. The molecule has 0 saturated carbocycles. The largest absolute Gasteiger partial charge is 0.378 e. The van der Waals surface area contributed by atoms with Crippen LogP contribution in [0.15, 0.2) is 42.5 Å². The van der Waals surface area contributed by atoms with Crippen LogP contribution in [-0.2, 0) is 4.74 Å². The molecule has 2 aromatic carbocycles. The molecule has 94 valence electrons. The van der Waals surface area contributed by atoms with Crippen LogP contribution in [0.3, 0.4) is 0 Å². The summed E-state index contributed by atoms with van der Waals surface area (Å²) in [5, 5.41) is 2.53. The zero-order chi connectivity index (χ0) is 12.4. The Bertz CT molecular complexity index is 531. The van der Waals surface area contributed by atoms with E-state index >= 15 is 0 Å². The van der Waals surface area contributed by atoms with Gasteiger partial charge in [-0.1, -0.05) is 36.4 Å². The Morgan fingerprint density at radius 3 is 2.78 bits per heavy atom. The fourth-order valence-electron chi connectivity index (χ4n) is 2.69. The number of hydrogen-bond acceptors (Lipinski definition) is 2. The van der Waals surface area contributed by atoms with Gasteiger partial charge in [-0.3, -0.25) is 0 Å². The lowest BCUT2D eigenvalue weighted by Gasteiger charge is -2.17. The van der Waals surface area contributed by atoms with Crippen molar-refractivity contribution in [3.05, 3.63) is 48.0 Å². The van der Waals surface area contributed by atoms with Crippen LogP contribution in [0.5, 0.6) is 0 Å². The standard InChI is InChI=1S/C16H19NO/c17-16(11-15-6-3-9-18-15)14-8-7-12-4-1-2-5-13(12)10-14/h1-2,4-5,7-8,10,15-16H,3,6,9,11,17H2. The molecule has 2 N–H and O–H groups in total. The molecule has 2 aromatic rings. The molecule has 0 spiro atoms. The molecule has 3 rings (SSSR count). The van der Waals surface area contributed by atoms with Crippen molar-refractivity contribution < 1.29 is 4.74 Å². The van der Waals surface area contributed by atoms with Crippen LogP contribution in [0.2, 0.25) is 0 Å². The lowest BCUT2D eigenvalue weighted by Crippen LogP contribution is -2.18. The van der Waals surface area contributed by atoms with E-state index in [0.29, 0.717) is 6.10 Å². The van der Waals surface area contributed by atoms with Crippen molar-refractivity contribution in [2.24, 2.45) is 5.73 Å². The quantitative estimate of drug-likeness (QED) is 0.893. The van der Waals surface area contributed by atoms with E-state index in [-0.39, 0.29) is 6.04 Å². The Morgan fingerprint density at radius 1 is 1.17 bits per heavy atom. The zero-order valence-corrected chi connectivity index (χ0v) is 10.5. The van der Waals surface area contributed by atoms with Gasteiger partial charge < -0.3 is 10.5 Å². The molecule has 0 amide bonds. The van der Waals surface area contributed by atoms with E-state index in [0.717, 1.165) is 19.4 Å². The van der Waals surface area contributed by atoms with Crippen molar-refractivity contribution in [3.63, 3.8) is 0 Å². The number of rotatable bonds is 3. The molecule has 2 atom stereocenters. The molecule has 1 fully saturated rings. The second kappa shape index (κ2) is 5.09. The van der Waals surface area contributed by atoms with Crippen molar-refractivity contribution in [1.82, 2.24) is 0 Å². The molecule has 0 aliphatic carbocycles. The van der Waals surface area contributed by atoms with Crippen LogP contribution in [0, 0.1) is 0 Å². The van der Waals surface area contributed by atoms with Gasteiger partial charge in [0.1, 0.15) is 0 Å². The summed E-state index contributed by atoms with van der Waals surface area (Å²) in [5.41, 5.74) is 7.50. The summed E-state index contributed by atoms with van der Waals surface area (Å²) in [6.07, 6.45) is 3.61. The maximum atomic E-state index is 6.29. The first kappa shape index (κ1) is 11.7. The van der Waals surface area contributed by atoms with Crippen molar-refractivity contribution in [2.45, 2.75) is 31.4 Å². The first-order chi connectivity index (χ1) is 8.83. The molecule has 0 bridgehead atoms. The van der Waals surface area contributed by atoms with Gasteiger partial charge in [-0.15, -0.1) is 0 Å². The molecule has 1 heterocycles. The molecule has 2 unspecified atom stereocenters. The van der Waals surface area contributed by atoms with E-state index in [1.165, 1.54) is 22.8 Å². The Balaban J connectivity index is 1.80. The summed E-state index contributed by atoms with van der Waals surface area (Å²) in [4.78, 5) is 0.